The summed E-state index contributed by atoms with van der Waals surface area (Å²) in [7, 11) is 0. The molecule has 2 rings (SSSR count). The quantitative estimate of drug-likeness (QED) is 0.783. The van der Waals surface area contributed by atoms with E-state index in [1.165, 1.54) is 11.8 Å². The van der Waals surface area contributed by atoms with E-state index in [9.17, 15) is 18.3 Å². The first-order valence-corrected chi connectivity index (χ1v) is 6.79. The number of aliphatic hydroxyl groups is 1. The largest absolute Gasteiger partial charge is 0.507 e. The van der Waals surface area contributed by atoms with Gasteiger partial charge in [0.2, 0.25) is 0 Å². The van der Waals surface area contributed by atoms with Crippen LogP contribution in [0.3, 0.4) is 0 Å². The summed E-state index contributed by atoms with van der Waals surface area (Å²) in [6.07, 6.45) is 0. The fourth-order valence-corrected chi connectivity index (χ4v) is 2.69. The molecule has 0 bridgehead atoms. The van der Waals surface area contributed by atoms with Crippen LogP contribution >= 0.6 is 12.4 Å². The zero-order valence-electron chi connectivity index (χ0n) is 12.2. The number of nitrogens with one attached hydrogen (secondary N) is 1. The molecule has 0 spiro atoms. The number of hydrogen-bond acceptors (Lipinski definition) is 4. The first-order chi connectivity index (χ1) is 9.86. The number of aliphatic hydroxyl groups excluding tert-OH is 1. The van der Waals surface area contributed by atoms with E-state index in [4.69, 9.17) is 5.11 Å². The summed E-state index contributed by atoms with van der Waals surface area (Å²) < 4.78 is 41.9. The number of aromatic hydroxyl groups is 1. The molecule has 3 N–H and O–H groups in total. The average molecular weight is 341 g/mol. The van der Waals surface area contributed by atoms with Gasteiger partial charge in [-0.15, -0.1) is 12.4 Å². The average Bonchev–Trinajstić information content (AvgIpc) is 2.45. The highest BCUT2D eigenvalue weighted by Crippen LogP contribution is 2.41. The lowest BCUT2D eigenvalue weighted by molar-refractivity contribution is -0.119. The fourth-order valence-electron chi connectivity index (χ4n) is 2.69. The number of alkyl halides is 2. The van der Waals surface area contributed by atoms with Gasteiger partial charge in [-0.2, -0.15) is 0 Å². The van der Waals surface area contributed by atoms with Gasteiger partial charge in [-0.1, -0.05) is 0 Å². The van der Waals surface area contributed by atoms with Gasteiger partial charge in [-0.05, 0) is 24.6 Å². The number of phenolic OH excluding ortho intramolecular Hbond substituents is 1. The maximum atomic E-state index is 14.2. The molecule has 8 heteroatoms. The van der Waals surface area contributed by atoms with E-state index in [-0.39, 0.29) is 29.3 Å². The number of nitrogens with zero attached hydrogens (tertiary/aromatic N) is 1. The van der Waals surface area contributed by atoms with Gasteiger partial charge >= 0.3 is 0 Å². The van der Waals surface area contributed by atoms with Gasteiger partial charge in [0, 0.05) is 31.7 Å². The van der Waals surface area contributed by atoms with E-state index < -0.39 is 24.4 Å². The molecular formula is C14H20ClF3N2O2. The molecule has 0 aromatic heterocycles. The molecule has 1 aromatic carbocycles. The Morgan fingerprint density at radius 3 is 2.45 bits per heavy atom. The molecular weight excluding hydrogens is 321 g/mol. The highest BCUT2D eigenvalue weighted by atomic mass is 35.5. The Morgan fingerprint density at radius 2 is 1.91 bits per heavy atom. The molecule has 126 valence electrons. The number of benzene rings is 1. The van der Waals surface area contributed by atoms with Crippen molar-refractivity contribution in [1.29, 1.82) is 0 Å². The van der Waals surface area contributed by atoms with Crippen LogP contribution in [0.1, 0.15) is 17.2 Å². The fraction of sp³-hybridized carbons (Fsp3) is 0.571. The van der Waals surface area contributed by atoms with Crippen LogP contribution in [0.5, 0.6) is 5.75 Å². The highest BCUT2D eigenvalue weighted by molar-refractivity contribution is 5.85. The summed E-state index contributed by atoms with van der Waals surface area (Å²) in [5, 5.41) is 22.1. The zero-order chi connectivity index (χ0) is 15.6. The number of rotatable bonds is 4. The van der Waals surface area contributed by atoms with E-state index >= 15 is 0 Å². The number of aryl methyl sites for hydroxylation is 1. The molecule has 1 aliphatic heterocycles. The van der Waals surface area contributed by atoms with Crippen molar-refractivity contribution in [3.05, 3.63) is 29.1 Å². The number of phenols is 1. The minimum absolute atomic E-state index is 0. The van der Waals surface area contributed by atoms with Crippen molar-refractivity contribution < 1.29 is 23.4 Å². The van der Waals surface area contributed by atoms with Crippen molar-refractivity contribution in [2.45, 2.75) is 18.9 Å². The van der Waals surface area contributed by atoms with E-state index in [0.29, 0.717) is 26.2 Å². The van der Waals surface area contributed by atoms with Gasteiger partial charge < -0.3 is 15.5 Å². The highest BCUT2D eigenvalue weighted by Gasteiger charge is 2.45. The molecule has 1 atom stereocenters. The second-order valence-corrected chi connectivity index (χ2v) is 5.27. The van der Waals surface area contributed by atoms with E-state index in [1.807, 2.05) is 0 Å². The molecule has 1 fully saturated rings. The predicted molar refractivity (Wildman–Crippen MR) is 79.3 cm³/mol. The van der Waals surface area contributed by atoms with Crippen LogP contribution in [0.15, 0.2) is 12.1 Å². The van der Waals surface area contributed by atoms with Crippen molar-refractivity contribution in [3.63, 3.8) is 0 Å². The summed E-state index contributed by atoms with van der Waals surface area (Å²) >= 11 is 0. The standard InChI is InChI=1S/C14H19F3N2O2.ClH/c1-9-6-10(15)7-11(12(9)21)13(14(16,17)8-20)19-4-2-18-3-5-19;/h6-7,13,18,20-21H,2-5,8H2,1H3;1H/t13-;/m1./s1. The zero-order valence-corrected chi connectivity index (χ0v) is 13.0. The molecule has 1 aromatic rings. The van der Waals surface area contributed by atoms with Crippen molar-refractivity contribution >= 4 is 12.4 Å². The Hall–Kier alpha value is -1.02. The van der Waals surface area contributed by atoms with Crippen LogP contribution < -0.4 is 5.32 Å². The third-order valence-corrected chi connectivity index (χ3v) is 3.72. The number of piperazine rings is 1. The third kappa shape index (κ3) is 3.84. The SMILES string of the molecule is Cc1cc(F)cc([C@@H](N2CCNCC2)C(F)(F)CO)c1O.Cl. The minimum Gasteiger partial charge on any atom is -0.507 e. The van der Waals surface area contributed by atoms with E-state index in [0.717, 1.165) is 12.1 Å². The molecule has 22 heavy (non-hydrogen) atoms. The van der Waals surface area contributed by atoms with Crippen molar-refractivity contribution in [1.82, 2.24) is 10.2 Å². The number of hydrogen-bond donors (Lipinski definition) is 3. The van der Waals surface area contributed by atoms with Crippen LogP contribution in [-0.2, 0) is 0 Å². The molecule has 1 heterocycles. The molecule has 0 unspecified atom stereocenters. The van der Waals surface area contributed by atoms with Crippen LogP contribution in [-0.4, -0.2) is 53.8 Å². The lowest BCUT2D eigenvalue weighted by Gasteiger charge is -2.39. The van der Waals surface area contributed by atoms with Crippen LogP contribution in [0.25, 0.3) is 0 Å². The smallest absolute Gasteiger partial charge is 0.290 e. The Labute approximate surface area is 133 Å². The molecule has 0 saturated carbocycles. The Kier molecular flexibility index (Phi) is 6.49. The monoisotopic (exact) mass is 340 g/mol. The molecule has 1 aliphatic rings. The number of halogens is 4. The summed E-state index contributed by atoms with van der Waals surface area (Å²) in [6, 6.07) is 0.447. The molecule has 4 nitrogen and oxygen atoms in total. The Balaban J connectivity index is 0.00000242. The van der Waals surface area contributed by atoms with Gasteiger partial charge in [0.25, 0.3) is 5.92 Å². The minimum atomic E-state index is -3.48. The summed E-state index contributed by atoms with van der Waals surface area (Å²) in [5.74, 6) is -4.52. The predicted octanol–water partition coefficient (Wildman–Crippen LogP) is 1.84. The second-order valence-electron chi connectivity index (χ2n) is 5.27. The van der Waals surface area contributed by atoms with Gasteiger partial charge in [-0.3, -0.25) is 4.90 Å². The van der Waals surface area contributed by atoms with Crippen molar-refractivity contribution in [2.75, 3.05) is 32.8 Å². The third-order valence-electron chi connectivity index (χ3n) is 3.72. The molecule has 0 aliphatic carbocycles. The lowest BCUT2D eigenvalue weighted by atomic mass is 9.95. The van der Waals surface area contributed by atoms with Gasteiger partial charge in [0.15, 0.2) is 0 Å². The summed E-state index contributed by atoms with van der Waals surface area (Å²) in [6.45, 7) is 1.79. The first kappa shape index (κ1) is 19.0. The maximum Gasteiger partial charge on any atom is 0.290 e. The van der Waals surface area contributed by atoms with Crippen LogP contribution in [0.2, 0.25) is 0 Å². The summed E-state index contributed by atoms with van der Waals surface area (Å²) in [4.78, 5) is 1.46. The van der Waals surface area contributed by atoms with Crippen molar-refractivity contribution in [2.24, 2.45) is 0 Å². The Bertz CT molecular complexity index is 511. The first-order valence-electron chi connectivity index (χ1n) is 6.79. The molecule has 1 saturated heterocycles. The molecule has 0 amide bonds. The lowest BCUT2D eigenvalue weighted by Crippen LogP contribution is -2.51. The Morgan fingerprint density at radius 1 is 1.32 bits per heavy atom. The maximum absolute atomic E-state index is 14.2. The van der Waals surface area contributed by atoms with Gasteiger partial charge in [0.1, 0.15) is 24.2 Å². The van der Waals surface area contributed by atoms with Crippen LogP contribution in [0.4, 0.5) is 13.2 Å². The van der Waals surface area contributed by atoms with Gasteiger partial charge in [0.05, 0.1) is 0 Å². The second kappa shape index (κ2) is 7.50. The summed E-state index contributed by atoms with van der Waals surface area (Å²) in [5.41, 5.74) is 0.00678. The normalized spacial score (nSPS) is 17.9. The van der Waals surface area contributed by atoms with Gasteiger partial charge in [-0.25, -0.2) is 13.2 Å². The van der Waals surface area contributed by atoms with E-state index in [2.05, 4.69) is 5.32 Å². The molecule has 0 radical (unpaired) electrons. The van der Waals surface area contributed by atoms with Crippen LogP contribution in [0, 0.1) is 12.7 Å². The van der Waals surface area contributed by atoms with Crippen molar-refractivity contribution in [3.8, 4) is 5.75 Å². The van der Waals surface area contributed by atoms with E-state index in [1.54, 1.807) is 0 Å². The topological polar surface area (TPSA) is 55.7 Å².